The van der Waals surface area contributed by atoms with Crippen LogP contribution in [0.15, 0.2) is 24.3 Å². The molecule has 0 radical (unpaired) electrons. The van der Waals surface area contributed by atoms with E-state index in [4.69, 9.17) is 4.74 Å². The van der Waals surface area contributed by atoms with E-state index in [2.05, 4.69) is 55.3 Å². The summed E-state index contributed by atoms with van der Waals surface area (Å²) >= 11 is 0. The Bertz CT molecular complexity index is 452. The summed E-state index contributed by atoms with van der Waals surface area (Å²) < 4.78 is 5.89. The fourth-order valence-electron chi connectivity index (χ4n) is 3.87. The summed E-state index contributed by atoms with van der Waals surface area (Å²) in [5, 5.41) is 3.70. The summed E-state index contributed by atoms with van der Waals surface area (Å²) in [7, 11) is 0. The SMILES string of the molecule is CCNC1c2ccccc2CC1N1CC(C)OC(C)C1. The van der Waals surface area contributed by atoms with E-state index in [1.54, 1.807) is 0 Å². The molecule has 1 aliphatic heterocycles. The molecule has 4 atom stereocenters. The third-order valence-corrected chi connectivity index (χ3v) is 4.54. The molecular weight excluding hydrogens is 248 g/mol. The average Bonchev–Trinajstić information content (AvgIpc) is 2.77. The molecule has 110 valence electrons. The number of hydrogen-bond acceptors (Lipinski definition) is 3. The maximum atomic E-state index is 5.89. The normalized spacial score (nSPS) is 34.1. The maximum absolute atomic E-state index is 5.89. The van der Waals surface area contributed by atoms with E-state index < -0.39 is 0 Å². The monoisotopic (exact) mass is 274 g/mol. The van der Waals surface area contributed by atoms with Crippen molar-refractivity contribution in [1.82, 2.24) is 10.2 Å². The van der Waals surface area contributed by atoms with Crippen molar-refractivity contribution in [2.45, 2.75) is 51.5 Å². The van der Waals surface area contributed by atoms with Gasteiger partial charge in [-0.05, 0) is 37.9 Å². The standard InChI is InChI=1S/C17H26N2O/c1-4-18-17-15-8-6-5-7-14(15)9-16(17)19-10-12(2)20-13(3)11-19/h5-8,12-13,16-18H,4,9-11H2,1-3H3. The third kappa shape index (κ3) is 2.62. The molecule has 1 fully saturated rings. The minimum absolute atomic E-state index is 0.338. The highest BCUT2D eigenvalue weighted by atomic mass is 16.5. The van der Waals surface area contributed by atoms with Crippen LogP contribution in [0.3, 0.4) is 0 Å². The third-order valence-electron chi connectivity index (χ3n) is 4.54. The highest BCUT2D eigenvalue weighted by Crippen LogP contribution is 2.35. The Labute approximate surface area is 122 Å². The highest BCUT2D eigenvalue weighted by molar-refractivity contribution is 5.37. The molecule has 0 amide bonds. The fourth-order valence-corrected chi connectivity index (χ4v) is 3.87. The van der Waals surface area contributed by atoms with Crippen molar-refractivity contribution >= 4 is 0 Å². The number of likely N-dealkylation sites (N-methyl/N-ethyl adjacent to an activating group) is 1. The van der Waals surface area contributed by atoms with Crippen LogP contribution < -0.4 is 5.32 Å². The highest BCUT2D eigenvalue weighted by Gasteiger charge is 2.38. The zero-order valence-electron chi connectivity index (χ0n) is 12.8. The number of nitrogens with zero attached hydrogens (tertiary/aromatic N) is 1. The first kappa shape index (κ1) is 14.1. The van der Waals surface area contributed by atoms with Crippen molar-refractivity contribution in [3.63, 3.8) is 0 Å². The molecule has 0 spiro atoms. The molecule has 0 aromatic heterocycles. The Morgan fingerprint density at radius 3 is 2.60 bits per heavy atom. The lowest BCUT2D eigenvalue weighted by atomic mass is 10.0. The number of morpholine rings is 1. The van der Waals surface area contributed by atoms with E-state index in [9.17, 15) is 0 Å². The lowest BCUT2D eigenvalue weighted by molar-refractivity contribution is -0.0830. The minimum atomic E-state index is 0.338. The van der Waals surface area contributed by atoms with Gasteiger partial charge >= 0.3 is 0 Å². The Hall–Kier alpha value is -0.900. The molecule has 3 rings (SSSR count). The van der Waals surface area contributed by atoms with E-state index in [1.807, 2.05) is 0 Å². The van der Waals surface area contributed by atoms with Crippen LogP contribution in [0.5, 0.6) is 0 Å². The Morgan fingerprint density at radius 1 is 1.20 bits per heavy atom. The van der Waals surface area contributed by atoms with Gasteiger partial charge < -0.3 is 10.1 Å². The van der Waals surface area contributed by atoms with Crippen molar-refractivity contribution in [3.05, 3.63) is 35.4 Å². The minimum Gasteiger partial charge on any atom is -0.373 e. The molecular formula is C17H26N2O. The summed E-state index contributed by atoms with van der Waals surface area (Å²) in [6.07, 6.45) is 1.84. The zero-order valence-corrected chi connectivity index (χ0v) is 12.8. The van der Waals surface area contributed by atoms with Crippen LogP contribution in [0.25, 0.3) is 0 Å². The van der Waals surface area contributed by atoms with Crippen LogP contribution in [0.2, 0.25) is 0 Å². The van der Waals surface area contributed by atoms with E-state index in [1.165, 1.54) is 11.1 Å². The Balaban J connectivity index is 1.83. The van der Waals surface area contributed by atoms with Crippen LogP contribution in [0.1, 0.15) is 37.9 Å². The van der Waals surface area contributed by atoms with Gasteiger partial charge in [-0.15, -0.1) is 0 Å². The molecule has 1 aromatic rings. The van der Waals surface area contributed by atoms with Crippen LogP contribution in [0.4, 0.5) is 0 Å². The summed E-state index contributed by atoms with van der Waals surface area (Å²) in [5.74, 6) is 0. The van der Waals surface area contributed by atoms with Gasteiger partial charge in [0.1, 0.15) is 0 Å². The summed E-state index contributed by atoms with van der Waals surface area (Å²) in [6.45, 7) is 9.68. The number of fused-ring (bicyclic) bond motifs is 1. The zero-order chi connectivity index (χ0) is 14.1. The van der Waals surface area contributed by atoms with Crippen LogP contribution >= 0.6 is 0 Å². The smallest absolute Gasteiger partial charge is 0.0678 e. The maximum Gasteiger partial charge on any atom is 0.0678 e. The largest absolute Gasteiger partial charge is 0.373 e. The molecule has 4 unspecified atom stereocenters. The van der Waals surface area contributed by atoms with Gasteiger partial charge in [0.25, 0.3) is 0 Å². The molecule has 0 saturated carbocycles. The molecule has 1 saturated heterocycles. The first-order valence-electron chi connectivity index (χ1n) is 7.89. The molecule has 2 aliphatic rings. The molecule has 0 bridgehead atoms. The first-order chi connectivity index (χ1) is 9.69. The summed E-state index contributed by atoms with van der Waals surface area (Å²) in [5.41, 5.74) is 3.00. The van der Waals surface area contributed by atoms with Crippen molar-refractivity contribution in [1.29, 1.82) is 0 Å². The van der Waals surface area contributed by atoms with Crippen molar-refractivity contribution in [2.24, 2.45) is 0 Å². The van der Waals surface area contributed by atoms with Gasteiger partial charge in [-0.2, -0.15) is 0 Å². The molecule has 3 nitrogen and oxygen atoms in total. The van der Waals surface area contributed by atoms with Gasteiger partial charge in [-0.3, -0.25) is 4.90 Å². The van der Waals surface area contributed by atoms with Gasteiger partial charge in [0.2, 0.25) is 0 Å². The second-order valence-electron chi connectivity index (χ2n) is 6.22. The average molecular weight is 274 g/mol. The molecule has 1 N–H and O–H groups in total. The van der Waals surface area contributed by atoms with Crippen molar-refractivity contribution < 1.29 is 4.74 Å². The number of rotatable bonds is 3. The number of nitrogens with one attached hydrogen (secondary N) is 1. The topological polar surface area (TPSA) is 24.5 Å². The van der Waals surface area contributed by atoms with Gasteiger partial charge in [0, 0.05) is 25.2 Å². The second-order valence-corrected chi connectivity index (χ2v) is 6.22. The molecule has 1 aliphatic carbocycles. The first-order valence-corrected chi connectivity index (χ1v) is 7.89. The predicted molar refractivity (Wildman–Crippen MR) is 81.9 cm³/mol. The van der Waals surface area contributed by atoms with E-state index >= 15 is 0 Å². The van der Waals surface area contributed by atoms with E-state index in [0.717, 1.165) is 26.1 Å². The Kier molecular flexibility index (Phi) is 4.11. The van der Waals surface area contributed by atoms with Crippen molar-refractivity contribution in [2.75, 3.05) is 19.6 Å². The Morgan fingerprint density at radius 2 is 1.90 bits per heavy atom. The molecule has 1 heterocycles. The summed E-state index contributed by atoms with van der Waals surface area (Å²) in [4.78, 5) is 2.63. The summed E-state index contributed by atoms with van der Waals surface area (Å²) in [6, 6.07) is 9.93. The number of ether oxygens (including phenoxy) is 1. The molecule has 3 heteroatoms. The lowest BCUT2D eigenvalue weighted by Crippen LogP contribution is -2.53. The van der Waals surface area contributed by atoms with Gasteiger partial charge in [0.05, 0.1) is 12.2 Å². The van der Waals surface area contributed by atoms with Gasteiger partial charge in [-0.25, -0.2) is 0 Å². The molecule has 20 heavy (non-hydrogen) atoms. The van der Waals surface area contributed by atoms with Crippen molar-refractivity contribution in [3.8, 4) is 0 Å². The van der Waals surface area contributed by atoms with Gasteiger partial charge in [0.15, 0.2) is 0 Å². The quantitative estimate of drug-likeness (QED) is 0.916. The fraction of sp³-hybridized carbons (Fsp3) is 0.647. The number of benzene rings is 1. The number of hydrogen-bond donors (Lipinski definition) is 1. The lowest BCUT2D eigenvalue weighted by Gasteiger charge is -2.41. The second kappa shape index (κ2) is 5.84. The predicted octanol–water partition coefficient (Wildman–Crippen LogP) is 2.37. The van der Waals surface area contributed by atoms with Crippen LogP contribution in [-0.2, 0) is 11.2 Å². The van der Waals surface area contributed by atoms with Crippen LogP contribution in [0, 0.1) is 0 Å². The van der Waals surface area contributed by atoms with Gasteiger partial charge in [-0.1, -0.05) is 31.2 Å². The van der Waals surface area contributed by atoms with E-state index in [0.29, 0.717) is 24.3 Å². The van der Waals surface area contributed by atoms with Crippen LogP contribution in [-0.4, -0.2) is 42.8 Å². The van der Waals surface area contributed by atoms with E-state index in [-0.39, 0.29) is 0 Å². The molecule has 1 aromatic carbocycles.